The van der Waals surface area contributed by atoms with Crippen molar-refractivity contribution in [1.82, 2.24) is 4.90 Å². The lowest BCUT2D eigenvalue weighted by atomic mass is 10.1. The van der Waals surface area contributed by atoms with Gasteiger partial charge in [0.15, 0.2) is 0 Å². The van der Waals surface area contributed by atoms with E-state index in [4.69, 9.17) is 4.42 Å². The van der Waals surface area contributed by atoms with Crippen molar-refractivity contribution >= 4 is 40.6 Å². The smallest absolute Gasteiger partial charge is 0.416 e. The van der Waals surface area contributed by atoms with Crippen LogP contribution in [0.3, 0.4) is 0 Å². The van der Waals surface area contributed by atoms with Crippen LogP contribution < -0.4 is 5.32 Å². The monoisotopic (exact) mass is 490 g/mol. The Hall–Kier alpha value is -3.86. The third kappa shape index (κ3) is 5.20. The van der Waals surface area contributed by atoms with Crippen LogP contribution in [-0.4, -0.2) is 28.5 Å². The average molecular weight is 490 g/mol. The predicted molar refractivity (Wildman–Crippen MR) is 117 cm³/mol. The van der Waals surface area contributed by atoms with Crippen molar-refractivity contribution in [2.24, 2.45) is 0 Å². The summed E-state index contributed by atoms with van der Waals surface area (Å²) in [6, 6.07) is 12.4. The van der Waals surface area contributed by atoms with Gasteiger partial charge in [-0.25, -0.2) is 4.39 Å². The Morgan fingerprint density at radius 3 is 2.50 bits per heavy atom. The lowest BCUT2D eigenvalue weighted by Gasteiger charge is -2.12. The van der Waals surface area contributed by atoms with E-state index in [-0.39, 0.29) is 22.0 Å². The molecule has 11 heteroatoms. The standard InChI is InChI=1S/C23H14F4N2O4S/c24-15-4-6-16(7-5-15)28-20(30)12-29-21(31)19(34-22(29)32)11-17-8-9-18(33-17)13-2-1-3-14(10-13)23(25,26)27/h1-11H,12H2,(H,28,30)/b19-11+. The molecule has 0 radical (unpaired) electrons. The minimum absolute atomic E-state index is 0.00970. The van der Waals surface area contributed by atoms with Crippen LogP contribution in [0.4, 0.5) is 28.0 Å². The van der Waals surface area contributed by atoms with Crippen molar-refractivity contribution in [1.29, 1.82) is 0 Å². The highest BCUT2D eigenvalue weighted by Gasteiger charge is 2.36. The number of hydrogen-bond acceptors (Lipinski definition) is 5. The summed E-state index contributed by atoms with van der Waals surface area (Å²) in [5.74, 6) is -1.56. The van der Waals surface area contributed by atoms with Crippen LogP contribution in [0.5, 0.6) is 0 Å². The Morgan fingerprint density at radius 2 is 1.79 bits per heavy atom. The normalized spacial score (nSPS) is 15.3. The first kappa shape index (κ1) is 23.3. The first-order valence-electron chi connectivity index (χ1n) is 9.68. The zero-order valence-corrected chi connectivity index (χ0v) is 17.9. The number of hydrogen-bond donors (Lipinski definition) is 1. The minimum Gasteiger partial charge on any atom is -0.457 e. The van der Waals surface area contributed by atoms with Gasteiger partial charge in [-0.15, -0.1) is 0 Å². The lowest BCUT2D eigenvalue weighted by molar-refractivity contribution is -0.137. The van der Waals surface area contributed by atoms with Crippen molar-refractivity contribution in [3.63, 3.8) is 0 Å². The molecule has 1 aromatic heterocycles. The zero-order chi connectivity index (χ0) is 24.5. The molecule has 0 atom stereocenters. The summed E-state index contributed by atoms with van der Waals surface area (Å²) in [6.45, 7) is -0.549. The number of carbonyl (C=O) groups excluding carboxylic acids is 3. The third-order valence-corrected chi connectivity index (χ3v) is 5.59. The van der Waals surface area contributed by atoms with Crippen LogP contribution in [0.2, 0.25) is 0 Å². The van der Waals surface area contributed by atoms with E-state index in [2.05, 4.69) is 5.32 Å². The molecule has 1 saturated heterocycles. The third-order valence-electron chi connectivity index (χ3n) is 4.68. The van der Waals surface area contributed by atoms with E-state index in [1.807, 2.05) is 0 Å². The highest BCUT2D eigenvalue weighted by Crippen LogP contribution is 2.35. The number of alkyl halides is 3. The first-order chi connectivity index (χ1) is 16.1. The molecule has 2 aromatic carbocycles. The van der Waals surface area contributed by atoms with Gasteiger partial charge >= 0.3 is 6.18 Å². The molecular weight excluding hydrogens is 476 g/mol. The molecule has 0 spiro atoms. The number of rotatable bonds is 5. The molecule has 0 saturated carbocycles. The number of thioether (sulfide) groups is 1. The van der Waals surface area contributed by atoms with Crippen LogP contribution in [0.15, 0.2) is 70.0 Å². The van der Waals surface area contributed by atoms with Gasteiger partial charge in [-0.3, -0.25) is 19.3 Å². The number of furan rings is 1. The molecule has 1 N–H and O–H groups in total. The van der Waals surface area contributed by atoms with Gasteiger partial charge in [-0.1, -0.05) is 12.1 Å². The van der Waals surface area contributed by atoms with Crippen LogP contribution in [-0.2, 0) is 15.8 Å². The summed E-state index contributed by atoms with van der Waals surface area (Å²) >= 11 is 0.598. The molecule has 3 amide bonds. The topological polar surface area (TPSA) is 79.6 Å². The van der Waals surface area contributed by atoms with Crippen LogP contribution in [0.1, 0.15) is 11.3 Å². The van der Waals surface area contributed by atoms with Crippen LogP contribution in [0.25, 0.3) is 17.4 Å². The Kier molecular flexibility index (Phi) is 6.29. The summed E-state index contributed by atoms with van der Waals surface area (Å²) in [5.41, 5.74) is -0.338. The van der Waals surface area contributed by atoms with Gasteiger partial charge in [0.05, 0.1) is 10.5 Å². The number of amides is 3. The average Bonchev–Trinajstić information content (AvgIpc) is 3.35. The Bertz CT molecular complexity index is 1300. The molecule has 4 rings (SSSR count). The van der Waals surface area contributed by atoms with Crippen molar-refractivity contribution in [2.45, 2.75) is 6.18 Å². The molecule has 6 nitrogen and oxygen atoms in total. The van der Waals surface area contributed by atoms with Crippen molar-refractivity contribution in [3.8, 4) is 11.3 Å². The number of anilines is 1. The van der Waals surface area contributed by atoms with E-state index >= 15 is 0 Å². The Morgan fingerprint density at radius 1 is 1.06 bits per heavy atom. The van der Waals surface area contributed by atoms with E-state index in [1.165, 1.54) is 42.5 Å². The van der Waals surface area contributed by atoms with E-state index in [1.54, 1.807) is 0 Å². The second kappa shape index (κ2) is 9.18. The Labute approximate surface area is 194 Å². The van der Waals surface area contributed by atoms with Gasteiger partial charge in [0.1, 0.15) is 23.9 Å². The maximum absolute atomic E-state index is 13.0. The van der Waals surface area contributed by atoms with E-state index in [0.717, 1.165) is 29.2 Å². The van der Waals surface area contributed by atoms with Gasteiger partial charge in [0.25, 0.3) is 11.1 Å². The SMILES string of the molecule is O=C(CN1C(=O)S/C(=C/c2ccc(-c3cccc(C(F)(F)F)c3)o2)C1=O)Nc1ccc(F)cc1. The molecule has 0 unspecified atom stereocenters. The van der Waals surface area contributed by atoms with Crippen molar-refractivity contribution in [3.05, 3.63) is 82.7 Å². The molecule has 2 heterocycles. The largest absolute Gasteiger partial charge is 0.457 e. The first-order valence-corrected chi connectivity index (χ1v) is 10.5. The zero-order valence-electron chi connectivity index (χ0n) is 17.1. The fourth-order valence-corrected chi connectivity index (χ4v) is 3.90. The van der Waals surface area contributed by atoms with Gasteiger partial charge in [0, 0.05) is 17.3 Å². The summed E-state index contributed by atoms with van der Waals surface area (Å²) in [5, 5.41) is 1.79. The maximum Gasteiger partial charge on any atom is 0.416 e. The molecular formula is C23H14F4N2O4S. The molecule has 1 aliphatic rings. The van der Waals surface area contributed by atoms with E-state index < -0.39 is 41.2 Å². The number of benzene rings is 2. The van der Waals surface area contributed by atoms with Gasteiger partial charge in [-0.2, -0.15) is 13.2 Å². The van der Waals surface area contributed by atoms with Gasteiger partial charge < -0.3 is 9.73 Å². The summed E-state index contributed by atoms with van der Waals surface area (Å²) in [7, 11) is 0. The Balaban J connectivity index is 1.46. The maximum atomic E-state index is 13.0. The lowest BCUT2D eigenvalue weighted by Crippen LogP contribution is -2.36. The van der Waals surface area contributed by atoms with Gasteiger partial charge in [-0.05, 0) is 60.3 Å². The molecule has 34 heavy (non-hydrogen) atoms. The molecule has 174 valence electrons. The number of nitrogens with zero attached hydrogens (tertiary/aromatic N) is 1. The second-order valence-electron chi connectivity index (χ2n) is 7.10. The fraction of sp³-hybridized carbons (Fsp3) is 0.0870. The van der Waals surface area contributed by atoms with Crippen LogP contribution >= 0.6 is 11.8 Å². The quantitative estimate of drug-likeness (QED) is 0.362. The van der Waals surface area contributed by atoms with Crippen molar-refractivity contribution < 1.29 is 36.4 Å². The van der Waals surface area contributed by atoms with Crippen molar-refractivity contribution in [2.75, 3.05) is 11.9 Å². The minimum atomic E-state index is -4.51. The van der Waals surface area contributed by atoms with E-state index in [9.17, 15) is 31.9 Å². The summed E-state index contributed by atoms with van der Waals surface area (Å²) < 4.78 is 57.3. The number of nitrogens with one attached hydrogen (secondary N) is 1. The number of imide groups is 1. The number of halogens is 4. The molecule has 1 aliphatic heterocycles. The van der Waals surface area contributed by atoms with Gasteiger partial charge in [0.2, 0.25) is 5.91 Å². The fourth-order valence-electron chi connectivity index (χ4n) is 3.08. The molecule has 0 aliphatic carbocycles. The highest BCUT2D eigenvalue weighted by atomic mass is 32.2. The predicted octanol–water partition coefficient (Wildman–Crippen LogP) is 5.78. The highest BCUT2D eigenvalue weighted by molar-refractivity contribution is 8.18. The van der Waals surface area contributed by atoms with E-state index in [0.29, 0.717) is 17.4 Å². The van der Waals surface area contributed by atoms with Crippen LogP contribution in [0, 0.1) is 5.82 Å². The molecule has 3 aromatic rings. The summed E-state index contributed by atoms with van der Waals surface area (Å²) in [6.07, 6.45) is -3.23. The molecule has 1 fully saturated rings. The number of carbonyl (C=O) groups is 3. The second-order valence-corrected chi connectivity index (χ2v) is 8.10. The summed E-state index contributed by atoms with van der Waals surface area (Å²) in [4.78, 5) is 37.8. The molecule has 0 bridgehead atoms.